The highest BCUT2D eigenvalue weighted by Crippen LogP contribution is 2.26. The molecule has 3 rings (SSSR count). The maximum absolute atomic E-state index is 12.7. The molecule has 0 saturated carbocycles. The van der Waals surface area contributed by atoms with Gasteiger partial charge in [0.05, 0.1) is 5.56 Å². The van der Waals surface area contributed by atoms with E-state index in [9.17, 15) is 4.79 Å². The Balaban J connectivity index is 1.66. The van der Waals surface area contributed by atoms with Crippen molar-refractivity contribution in [1.82, 2.24) is 9.88 Å². The van der Waals surface area contributed by atoms with Gasteiger partial charge in [-0.05, 0) is 30.9 Å². The van der Waals surface area contributed by atoms with Gasteiger partial charge in [0.1, 0.15) is 5.82 Å². The highest BCUT2D eigenvalue weighted by atomic mass is 32.2. The third-order valence-electron chi connectivity index (χ3n) is 4.55. The molecular weight excluding hydrogens is 294 g/mol. The summed E-state index contributed by atoms with van der Waals surface area (Å²) in [6.07, 6.45) is 4.23. The minimum atomic E-state index is 0.131. The summed E-state index contributed by atoms with van der Waals surface area (Å²) < 4.78 is 0. The summed E-state index contributed by atoms with van der Waals surface area (Å²) in [6.45, 7) is 8.34. The van der Waals surface area contributed by atoms with Crippen molar-refractivity contribution in [3.8, 4) is 0 Å². The zero-order chi connectivity index (χ0) is 15.5. The van der Waals surface area contributed by atoms with E-state index in [4.69, 9.17) is 0 Å². The molecule has 0 N–H and O–H groups in total. The second kappa shape index (κ2) is 6.90. The molecule has 1 amide bonds. The first kappa shape index (κ1) is 15.7. The van der Waals surface area contributed by atoms with Crippen molar-refractivity contribution < 1.29 is 4.79 Å². The number of hydrogen-bond acceptors (Lipinski definition) is 4. The van der Waals surface area contributed by atoms with Crippen molar-refractivity contribution >= 4 is 23.5 Å². The smallest absolute Gasteiger partial charge is 0.255 e. The first-order chi connectivity index (χ1) is 10.6. The average molecular weight is 319 g/mol. The Morgan fingerprint density at radius 3 is 2.68 bits per heavy atom. The van der Waals surface area contributed by atoms with Crippen molar-refractivity contribution in [2.45, 2.75) is 31.9 Å². The maximum atomic E-state index is 12.7. The number of rotatable bonds is 3. The summed E-state index contributed by atoms with van der Waals surface area (Å²) in [4.78, 5) is 21.5. The average Bonchev–Trinajstić information content (AvgIpc) is 3.09. The normalized spacial score (nSPS) is 22.4. The number of thioether (sulfide) groups is 1. The van der Waals surface area contributed by atoms with Crippen molar-refractivity contribution in [3.63, 3.8) is 0 Å². The van der Waals surface area contributed by atoms with Crippen LogP contribution in [0.5, 0.6) is 0 Å². The molecule has 4 nitrogen and oxygen atoms in total. The van der Waals surface area contributed by atoms with Crippen molar-refractivity contribution in [1.29, 1.82) is 0 Å². The van der Waals surface area contributed by atoms with E-state index in [1.807, 2.05) is 28.8 Å². The molecule has 2 aliphatic heterocycles. The molecule has 2 saturated heterocycles. The van der Waals surface area contributed by atoms with Gasteiger partial charge in [0.25, 0.3) is 5.91 Å². The first-order valence-corrected chi connectivity index (χ1v) is 9.32. The Morgan fingerprint density at radius 1 is 1.27 bits per heavy atom. The number of carbonyl (C=O) groups is 1. The van der Waals surface area contributed by atoms with Crippen LogP contribution >= 0.6 is 11.8 Å². The summed E-state index contributed by atoms with van der Waals surface area (Å²) in [5, 5.41) is 0.550. The minimum absolute atomic E-state index is 0.131. The van der Waals surface area contributed by atoms with E-state index in [1.165, 1.54) is 12.8 Å². The first-order valence-electron chi connectivity index (χ1n) is 8.27. The monoisotopic (exact) mass is 319 g/mol. The van der Waals surface area contributed by atoms with Crippen LogP contribution in [-0.4, -0.2) is 53.0 Å². The molecule has 0 radical (unpaired) electrons. The van der Waals surface area contributed by atoms with Gasteiger partial charge in [-0.2, -0.15) is 11.8 Å². The maximum Gasteiger partial charge on any atom is 0.255 e. The van der Waals surface area contributed by atoms with Crippen molar-refractivity contribution in [2.75, 3.05) is 36.8 Å². The second-order valence-electron chi connectivity index (χ2n) is 6.50. The molecule has 3 heterocycles. The van der Waals surface area contributed by atoms with E-state index < -0.39 is 0 Å². The van der Waals surface area contributed by atoms with Gasteiger partial charge in [-0.15, -0.1) is 0 Å². The van der Waals surface area contributed by atoms with E-state index in [-0.39, 0.29) is 5.91 Å². The minimum Gasteiger partial charge on any atom is -0.357 e. The predicted octanol–water partition coefficient (Wildman–Crippen LogP) is 2.90. The molecule has 0 bridgehead atoms. The van der Waals surface area contributed by atoms with Crippen LogP contribution in [0.15, 0.2) is 18.3 Å². The molecule has 2 aliphatic rings. The molecule has 2 fully saturated rings. The summed E-state index contributed by atoms with van der Waals surface area (Å²) in [5.41, 5.74) is 0.720. The van der Waals surface area contributed by atoms with Crippen LogP contribution in [0.2, 0.25) is 0 Å². The van der Waals surface area contributed by atoms with Gasteiger partial charge in [-0.25, -0.2) is 4.98 Å². The zero-order valence-corrected chi connectivity index (χ0v) is 14.3. The number of aromatic nitrogens is 1. The molecule has 0 aromatic carbocycles. The summed E-state index contributed by atoms with van der Waals surface area (Å²) in [6, 6.07) is 3.94. The van der Waals surface area contributed by atoms with E-state index >= 15 is 0 Å². The third-order valence-corrected chi connectivity index (χ3v) is 6.09. The van der Waals surface area contributed by atoms with Crippen LogP contribution in [0.4, 0.5) is 5.82 Å². The van der Waals surface area contributed by atoms with Crippen molar-refractivity contribution in [2.24, 2.45) is 5.92 Å². The van der Waals surface area contributed by atoms with E-state index in [2.05, 4.69) is 23.7 Å². The quantitative estimate of drug-likeness (QED) is 0.858. The number of pyridine rings is 1. The number of hydrogen-bond donors (Lipinski definition) is 0. The SMILES string of the molecule is CC(C)C1CN(C(=O)c2ccc(N3CCCC3)nc2)CCS1. The fraction of sp³-hybridized carbons (Fsp3) is 0.647. The lowest BCUT2D eigenvalue weighted by molar-refractivity contribution is 0.0755. The van der Waals surface area contributed by atoms with Gasteiger partial charge in [-0.3, -0.25) is 4.79 Å². The number of nitrogens with zero attached hydrogens (tertiary/aromatic N) is 3. The predicted molar refractivity (Wildman–Crippen MR) is 92.7 cm³/mol. The Hall–Kier alpha value is -1.23. The van der Waals surface area contributed by atoms with E-state index in [0.717, 1.165) is 43.3 Å². The molecule has 120 valence electrons. The van der Waals surface area contributed by atoms with E-state index in [0.29, 0.717) is 11.2 Å². The highest BCUT2D eigenvalue weighted by Gasteiger charge is 2.27. The summed E-state index contributed by atoms with van der Waals surface area (Å²) in [7, 11) is 0. The Morgan fingerprint density at radius 2 is 2.05 bits per heavy atom. The molecule has 1 aromatic rings. The van der Waals surface area contributed by atoms with Gasteiger partial charge in [0, 0.05) is 43.4 Å². The molecule has 1 aromatic heterocycles. The largest absolute Gasteiger partial charge is 0.357 e. The Labute approximate surface area is 137 Å². The van der Waals surface area contributed by atoms with Crippen LogP contribution in [0.25, 0.3) is 0 Å². The fourth-order valence-corrected chi connectivity index (χ4v) is 4.39. The van der Waals surface area contributed by atoms with Gasteiger partial charge in [0.2, 0.25) is 0 Å². The number of carbonyl (C=O) groups excluding carboxylic acids is 1. The standard InChI is InChI=1S/C17H25N3OS/c1-13(2)15-12-20(9-10-22-15)17(21)14-5-6-16(18-11-14)19-7-3-4-8-19/h5-6,11,13,15H,3-4,7-10,12H2,1-2H3. The fourth-order valence-electron chi connectivity index (χ4n) is 3.09. The van der Waals surface area contributed by atoms with Crippen LogP contribution in [0.1, 0.15) is 37.0 Å². The van der Waals surface area contributed by atoms with Crippen LogP contribution in [0, 0.1) is 5.92 Å². The van der Waals surface area contributed by atoms with Crippen LogP contribution in [-0.2, 0) is 0 Å². The van der Waals surface area contributed by atoms with Gasteiger partial charge >= 0.3 is 0 Å². The summed E-state index contributed by atoms with van der Waals surface area (Å²) >= 11 is 1.99. The zero-order valence-electron chi connectivity index (χ0n) is 13.5. The topological polar surface area (TPSA) is 36.4 Å². The molecule has 0 aliphatic carbocycles. The van der Waals surface area contributed by atoms with Crippen LogP contribution in [0.3, 0.4) is 0 Å². The molecule has 5 heteroatoms. The lowest BCUT2D eigenvalue weighted by Crippen LogP contribution is -2.43. The van der Waals surface area contributed by atoms with Gasteiger partial charge < -0.3 is 9.80 Å². The second-order valence-corrected chi connectivity index (χ2v) is 7.85. The number of anilines is 1. The molecular formula is C17H25N3OS. The highest BCUT2D eigenvalue weighted by molar-refractivity contribution is 8.00. The third kappa shape index (κ3) is 3.40. The van der Waals surface area contributed by atoms with E-state index in [1.54, 1.807) is 6.20 Å². The Bertz CT molecular complexity index is 511. The molecule has 1 atom stereocenters. The lowest BCUT2D eigenvalue weighted by atomic mass is 10.1. The van der Waals surface area contributed by atoms with Gasteiger partial charge in [-0.1, -0.05) is 13.8 Å². The van der Waals surface area contributed by atoms with Gasteiger partial charge in [0.15, 0.2) is 0 Å². The molecule has 1 unspecified atom stereocenters. The molecule has 22 heavy (non-hydrogen) atoms. The Kier molecular flexibility index (Phi) is 4.91. The molecule has 0 spiro atoms. The van der Waals surface area contributed by atoms with Crippen molar-refractivity contribution in [3.05, 3.63) is 23.9 Å². The van der Waals surface area contributed by atoms with Crippen LogP contribution < -0.4 is 4.90 Å². The number of amides is 1. The lowest BCUT2D eigenvalue weighted by Gasteiger charge is -2.34. The summed E-state index contributed by atoms with van der Waals surface area (Å²) in [5.74, 6) is 2.78.